The molecule has 0 saturated heterocycles. The molecule has 402 valence electrons. The van der Waals surface area contributed by atoms with Crippen LogP contribution in [0.3, 0.4) is 0 Å². The van der Waals surface area contributed by atoms with Crippen molar-refractivity contribution < 1.29 is 32.8 Å². The van der Waals surface area contributed by atoms with Crippen molar-refractivity contribution in [3.05, 3.63) is 36.5 Å². The van der Waals surface area contributed by atoms with Crippen molar-refractivity contribution in [2.24, 2.45) is 5.73 Å². The molecule has 8 nitrogen and oxygen atoms in total. The molecule has 0 fully saturated rings. The van der Waals surface area contributed by atoms with Crippen LogP contribution < -0.4 is 5.73 Å². The second kappa shape index (κ2) is 56.6. The van der Waals surface area contributed by atoms with Crippen LogP contribution in [0.15, 0.2) is 36.5 Å². The Morgan fingerprint density at radius 1 is 0.441 bits per heavy atom. The number of carbonyl (C=O) groups excluding carboxylic acids is 1. The molecular weight excluding hydrogens is 866 g/mol. The molecule has 68 heavy (non-hydrogen) atoms. The van der Waals surface area contributed by atoms with E-state index in [4.69, 9.17) is 24.3 Å². The van der Waals surface area contributed by atoms with Crippen LogP contribution in [0.25, 0.3) is 0 Å². The summed E-state index contributed by atoms with van der Waals surface area (Å²) in [6.45, 7) is 4.97. The van der Waals surface area contributed by atoms with Gasteiger partial charge in [0, 0.05) is 19.6 Å². The minimum Gasteiger partial charge on any atom is -0.457 e. The average molecular weight is 981 g/mol. The van der Waals surface area contributed by atoms with E-state index in [0.717, 1.165) is 44.9 Å². The van der Waals surface area contributed by atoms with Crippen molar-refractivity contribution in [3.8, 4) is 0 Å². The lowest BCUT2D eigenvalue weighted by Gasteiger charge is -2.20. The van der Waals surface area contributed by atoms with Crippen LogP contribution >= 0.6 is 7.82 Å². The highest BCUT2D eigenvalue weighted by atomic mass is 31.2. The molecule has 2 unspecified atom stereocenters. The Balaban J connectivity index is 3.86. The number of ether oxygens (including phenoxy) is 2. The predicted octanol–water partition coefficient (Wildman–Crippen LogP) is 18.9. The first-order chi connectivity index (χ1) is 33.4. The largest absolute Gasteiger partial charge is 0.472 e. The van der Waals surface area contributed by atoms with Crippen LogP contribution in [0.1, 0.15) is 296 Å². The first kappa shape index (κ1) is 66.7. The van der Waals surface area contributed by atoms with Gasteiger partial charge in [0.1, 0.15) is 6.10 Å². The molecule has 0 heterocycles. The van der Waals surface area contributed by atoms with E-state index in [-0.39, 0.29) is 32.3 Å². The maximum atomic E-state index is 12.7. The molecule has 0 amide bonds. The Labute approximate surface area is 422 Å². The van der Waals surface area contributed by atoms with Crippen LogP contribution in [0, 0.1) is 0 Å². The summed E-state index contributed by atoms with van der Waals surface area (Å²) >= 11 is 0. The van der Waals surface area contributed by atoms with Crippen LogP contribution in [0.5, 0.6) is 0 Å². The predicted molar refractivity (Wildman–Crippen MR) is 293 cm³/mol. The summed E-state index contributed by atoms with van der Waals surface area (Å²) in [4.78, 5) is 22.7. The van der Waals surface area contributed by atoms with Gasteiger partial charge in [0.25, 0.3) is 0 Å². The third-order valence-electron chi connectivity index (χ3n) is 13.1. The van der Waals surface area contributed by atoms with E-state index in [1.54, 1.807) is 0 Å². The molecule has 9 heteroatoms. The summed E-state index contributed by atoms with van der Waals surface area (Å²) in [6, 6.07) is 0. The highest BCUT2D eigenvalue weighted by Gasteiger charge is 2.25. The number of hydrogen-bond acceptors (Lipinski definition) is 7. The molecule has 3 N–H and O–H groups in total. The minimum atomic E-state index is -4.29. The molecule has 0 aliphatic carbocycles. The Hall–Kier alpha value is -1.28. The van der Waals surface area contributed by atoms with E-state index in [1.807, 2.05) is 0 Å². The van der Waals surface area contributed by atoms with E-state index in [0.29, 0.717) is 13.0 Å². The molecule has 0 aliphatic rings. The van der Waals surface area contributed by atoms with Crippen LogP contribution in [-0.2, 0) is 27.9 Å². The third kappa shape index (κ3) is 55.6. The maximum absolute atomic E-state index is 12.7. The second-order valence-electron chi connectivity index (χ2n) is 19.9. The Bertz CT molecular complexity index is 1150. The van der Waals surface area contributed by atoms with E-state index in [1.165, 1.54) is 231 Å². The zero-order valence-electron chi connectivity index (χ0n) is 45.1. The fourth-order valence-electron chi connectivity index (χ4n) is 8.71. The second-order valence-corrected chi connectivity index (χ2v) is 21.3. The van der Waals surface area contributed by atoms with Crippen molar-refractivity contribution in [3.63, 3.8) is 0 Å². The number of phosphoric ester groups is 1. The number of allylic oxidation sites excluding steroid dienone is 6. The quantitative estimate of drug-likeness (QED) is 0.0268. The fourth-order valence-corrected chi connectivity index (χ4v) is 9.48. The highest BCUT2D eigenvalue weighted by Crippen LogP contribution is 2.43. The number of esters is 1. The average Bonchev–Trinajstić information content (AvgIpc) is 3.33. The fraction of sp³-hybridized carbons (Fsp3) is 0.881. The first-order valence-electron chi connectivity index (χ1n) is 29.5. The van der Waals surface area contributed by atoms with E-state index >= 15 is 0 Å². The summed E-state index contributed by atoms with van der Waals surface area (Å²) in [7, 11) is -4.29. The Kier molecular flexibility index (Phi) is 55.6. The molecule has 0 spiro atoms. The monoisotopic (exact) mass is 980 g/mol. The Morgan fingerprint density at radius 3 is 1.16 bits per heavy atom. The minimum absolute atomic E-state index is 0.0946. The summed E-state index contributed by atoms with van der Waals surface area (Å²) in [5, 5.41) is 0. The highest BCUT2D eigenvalue weighted by molar-refractivity contribution is 7.47. The van der Waals surface area contributed by atoms with E-state index in [9.17, 15) is 14.3 Å². The molecule has 0 aromatic heterocycles. The molecule has 2 atom stereocenters. The smallest absolute Gasteiger partial charge is 0.457 e. The van der Waals surface area contributed by atoms with Gasteiger partial charge in [0.15, 0.2) is 0 Å². The molecule has 0 aromatic carbocycles. The van der Waals surface area contributed by atoms with Gasteiger partial charge >= 0.3 is 13.8 Å². The number of unbranched alkanes of at least 4 members (excludes halogenated alkanes) is 38. The normalized spacial score (nSPS) is 13.4. The molecule has 0 aliphatic heterocycles. The van der Waals surface area contributed by atoms with Crippen LogP contribution in [-0.4, -0.2) is 49.9 Å². The standard InChI is InChI=1S/C59H114NO7P/c1-3-5-7-9-11-13-15-17-19-21-23-25-27-29-30-32-34-36-38-40-42-44-46-48-50-52-59(61)67-58(57-66-68(62,63)65-55-53-60)56-64-54-51-49-47-45-43-41-39-37-35-33-31-28-26-24-22-20-18-16-14-12-10-8-6-4-2/h15,17,21,23,27,29,58H,3-14,16,18-20,22,24-26,28,30-57,60H2,1-2H3,(H,62,63)/b17-15-,23-21-,29-27-. The van der Waals surface area contributed by atoms with Crippen molar-refractivity contribution >= 4 is 13.8 Å². The zero-order valence-corrected chi connectivity index (χ0v) is 46.0. The molecule has 0 saturated carbocycles. The van der Waals surface area contributed by atoms with Crippen molar-refractivity contribution in [2.75, 3.05) is 33.0 Å². The van der Waals surface area contributed by atoms with Crippen LogP contribution in [0.2, 0.25) is 0 Å². The number of nitrogens with two attached hydrogens (primary N) is 1. The number of rotatable bonds is 57. The SMILES string of the molecule is CCCCCCC/C=C\C/C=C\C/C=C\CCCCCCCCCCCCC(=O)OC(COCCCCCCCCCCCCCCCCCCCCCCCCCC)COP(=O)(O)OCCN. The number of phosphoric acid groups is 1. The summed E-state index contributed by atoms with van der Waals surface area (Å²) in [5.41, 5.74) is 5.41. The van der Waals surface area contributed by atoms with Gasteiger partial charge in [-0.2, -0.15) is 0 Å². The number of hydrogen-bond donors (Lipinski definition) is 2. The van der Waals surface area contributed by atoms with Gasteiger partial charge in [-0.3, -0.25) is 13.8 Å². The maximum Gasteiger partial charge on any atom is 0.472 e. The van der Waals surface area contributed by atoms with Gasteiger partial charge in [0.05, 0.1) is 19.8 Å². The van der Waals surface area contributed by atoms with Crippen molar-refractivity contribution in [2.45, 2.75) is 302 Å². The van der Waals surface area contributed by atoms with Crippen LogP contribution in [0.4, 0.5) is 0 Å². The molecule has 0 bridgehead atoms. The molecule has 0 rings (SSSR count). The topological polar surface area (TPSA) is 117 Å². The molecule has 0 aromatic rings. The molecular formula is C59H114NO7P. The van der Waals surface area contributed by atoms with Gasteiger partial charge in [0.2, 0.25) is 0 Å². The Morgan fingerprint density at radius 2 is 0.779 bits per heavy atom. The summed E-state index contributed by atoms with van der Waals surface area (Å²) in [5.74, 6) is -0.328. The summed E-state index contributed by atoms with van der Waals surface area (Å²) < 4.78 is 33.7. The summed E-state index contributed by atoms with van der Waals surface area (Å²) in [6.07, 6.45) is 69.1. The van der Waals surface area contributed by atoms with Crippen molar-refractivity contribution in [1.29, 1.82) is 0 Å². The van der Waals surface area contributed by atoms with Gasteiger partial charge in [-0.15, -0.1) is 0 Å². The lowest BCUT2D eigenvalue weighted by molar-refractivity contribution is -0.154. The molecule has 0 radical (unpaired) electrons. The van der Waals surface area contributed by atoms with Gasteiger partial charge in [-0.25, -0.2) is 4.57 Å². The first-order valence-corrected chi connectivity index (χ1v) is 31.0. The van der Waals surface area contributed by atoms with Crippen molar-refractivity contribution in [1.82, 2.24) is 0 Å². The lowest BCUT2D eigenvalue weighted by Crippen LogP contribution is -2.28. The van der Waals surface area contributed by atoms with E-state index < -0.39 is 13.9 Å². The lowest BCUT2D eigenvalue weighted by atomic mass is 10.0. The van der Waals surface area contributed by atoms with Gasteiger partial charge in [-0.05, 0) is 51.4 Å². The van der Waals surface area contributed by atoms with Gasteiger partial charge < -0.3 is 20.1 Å². The van der Waals surface area contributed by atoms with E-state index in [2.05, 4.69) is 50.3 Å². The zero-order chi connectivity index (χ0) is 49.4. The number of carbonyl (C=O) groups is 1. The van der Waals surface area contributed by atoms with Gasteiger partial charge in [-0.1, -0.05) is 275 Å². The third-order valence-corrected chi connectivity index (χ3v) is 14.0.